The Bertz CT molecular complexity index is 503. The number of carbonyl (C=O) groups is 2. The van der Waals surface area contributed by atoms with E-state index in [0.717, 1.165) is 11.4 Å². The van der Waals surface area contributed by atoms with Crippen LogP contribution in [0.3, 0.4) is 0 Å². The van der Waals surface area contributed by atoms with E-state index in [1.807, 2.05) is 0 Å². The minimum Gasteiger partial charge on any atom is -0.506 e. The lowest BCUT2D eigenvalue weighted by Gasteiger charge is -2.18. The molecule has 1 aliphatic rings. The number of aromatic carboxylic acids is 1. The fraction of sp³-hybridized carbons (Fsp3) is 0.333. The molecule has 1 aromatic carbocycles. The van der Waals surface area contributed by atoms with Gasteiger partial charge in [0.25, 0.3) is 0 Å². The summed E-state index contributed by atoms with van der Waals surface area (Å²) in [6.45, 7) is 0.532. The number of phenolic OH excluding ortho intramolecular Hbond substituents is 1. The first-order valence-electron chi connectivity index (χ1n) is 5.45. The molecule has 1 unspecified atom stereocenters. The van der Waals surface area contributed by atoms with Gasteiger partial charge in [-0.05, 0) is 24.1 Å². The topological polar surface area (TPSA) is 77.8 Å². The van der Waals surface area contributed by atoms with Gasteiger partial charge in [0.15, 0.2) is 0 Å². The number of carbonyl (C=O) groups excluding carboxylic acids is 1. The summed E-state index contributed by atoms with van der Waals surface area (Å²) >= 11 is 3.33. The highest BCUT2D eigenvalue weighted by Crippen LogP contribution is 2.33. The molecule has 5 nitrogen and oxygen atoms in total. The number of halogens is 1. The molecule has 0 saturated carbocycles. The Morgan fingerprint density at radius 2 is 2.22 bits per heavy atom. The zero-order valence-electron chi connectivity index (χ0n) is 9.47. The number of benzene rings is 1. The van der Waals surface area contributed by atoms with Gasteiger partial charge < -0.3 is 15.1 Å². The predicted octanol–water partition coefficient (Wildman–Crippen LogP) is 1.84. The number of rotatable bonds is 3. The molecule has 0 radical (unpaired) electrons. The largest absolute Gasteiger partial charge is 0.506 e. The van der Waals surface area contributed by atoms with E-state index in [1.54, 1.807) is 0 Å². The first-order chi connectivity index (χ1) is 8.52. The molecule has 2 rings (SSSR count). The maximum atomic E-state index is 11.8. The Hall–Kier alpha value is -1.56. The number of anilines is 1. The summed E-state index contributed by atoms with van der Waals surface area (Å²) in [6, 6.07) is 4.01. The average Bonchev–Trinajstić information content (AvgIpc) is 2.70. The molecule has 1 aromatic rings. The Kier molecular flexibility index (Phi) is 3.56. The van der Waals surface area contributed by atoms with Gasteiger partial charge in [0, 0.05) is 18.3 Å². The van der Waals surface area contributed by atoms with Crippen LogP contribution in [0.5, 0.6) is 5.75 Å². The number of aromatic hydroxyl groups is 1. The quantitative estimate of drug-likeness (QED) is 0.835. The van der Waals surface area contributed by atoms with Crippen molar-refractivity contribution in [3.05, 3.63) is 23.8 Å². The summed E-state index contributed by atoms with van der Waals surface area (Å²) in [4.78, 5) is 24.0. The molecule has 6 heteroatoms. The van der Waals surface area contributed by atoms with E-state index in [9.17, 15) is 14.7 Å². The molecule has 2 N–H and O–H groups in total. The number of hydrogen-bond donors (Lipinski definition) is 2. The van der Waals surface area contributed by atoms with Crippen LogP contribution in [0.25, 0.3) is 0 Å². The number of amides is 1. The summed E-state index contributed by atoms with van der Waals surface area (Å²) in [7, 11) is 0. The molecule has 1 saturated heterocycles. The number of hydrogen-bond acceptors (Lipinski definition) is 3. The van der Waals surface area contributed by atoms with E-state index in [2.05, 4.69) is 15.9 Å². The highest BCUT2D eigenvalue weighted by Gasteiger charge is 2.31. The molecule has 0 aromatic heterocycles. The molecule has 1 amide bonds. The van der Waals surface area contributed by atoms with E-state index < -0.39 is 5.97 Å². The van der Waals surface area contributed by atoms with Crippen molar-refractivity contribution in [2.24, 2.45) is 5.92 Å². The number of nitrogens with zero attached hydrogens (tertiary/aromatic N) is 1. The molecule has 18 heavy (non-hydrogen) atoms. The molecule has 1 aliphatic heterocycles. The summed E-state index contributed by atoms with van der Waals surface area (Å²) in [5.41, 5.74) is 0.369. The Morgan fingerprint density at radius 3 is 2.72 bits per heavy atom. The third-order valence-electron chi connectivity index (χ3n) is 2.94. The predicted molar refractivity (Wildman–Crippen MR) is 69.3 cm³/mol. The molecule has 1 heterocycles. The summed E-state index contributed by atoms with van der Waals surface area (Å²) in [5.74, 6) is -1.13. The third kappa shape index (κ3) is 2.33. The molecule has 0 spiro atoms. The van der Waals surface area contributed by atoms with Gasteiger partial charge in [-0.3, -0.25) is 4.79 Å². The molecular formula is C12H12BrNO4. The van der Waals surface area contributed by atoms with Crippen molar-refractivity contribution in [2.75, 3.05) is 16.8 Å². The Morgan fingerprint density at radius 1 is 1.50 bits per heavy atom. The number of carboxylic acids is 1. The van der Waals surface area contributed by atoms with Crippen molar-refractivity contribution in [1.82, 2.24) is 0 Å². The van der Waals surface area contributed by atoms with Crippen molar-refractivity contribution < 1.29 is 19.8 Å². The number of alkyl halides is 1. The minimum absolute atomic E-state index is 0.0000579. The monoisotopic (exact) mass is 313 g/mol. The molecular weight excluding hydrogens is 302 g/mol. The molecule has 0 aliphatic carbocycles. The second kappa shape index (κ2) is 4.97. The first kappa shape index (κ1) is 12.9. The Labute approximate surface area is 112 Å². The zero-order chi connectivity index (χ0) is 13.3. The van der Waals surface area contributed by atoms with Crippen molar-refractivity contribution >= 4 is 33.5 Å². The first-order valence-corrected chi connectivity index (χ1v) is 6.57. The van der Waals surface area contributed by atoms with Gasteiger partial charge in [0.05, 0.1) is 11.3 Å². The smallest absolute Gasteiger partial charge is 0.335 e. The van der Waals surface area contributed by atoms with Crippen LogP contribution < -0.4 is 4.90 Å². The second-order valence-corrected chi connectivity index (χ2v) is 4.88. The SMILES string of the molecule is O=C(O)c1ccc(N2CC(CBr)CC2=O)c(O)c1. The van der Waals surface area contributed by atoms with Gasteiger partial charge in [0.2, 0.25) is 5.91 Å². The van der Waals surface area contributed by atoms with E-state index in [-0.39, 0.29) is 23.1 Å². The average molecular weight is 314 g/mol. The summed E-state index contributed by atoms with van der Waals surface area (Å²) in [5, 5.41) is 19.3. The second-order valence-electron chi connectivity index (χ2n) is 4.24. The lowest BCUT2D eigenvalue weighted by molar-refractivity contribution is -0.117. The summed E-state index contributed by atoms with van der Waals surface area (Å²) < 4.78 is 0. The van der Waals surface area contributed by atoms with Gasteiger partial charge in [-0.2, -0.15) is 0 Å². The van der Waals surface area contributed by atoms with Gasteiger partial charge in [-0.25, -0.2) is 4.79 Å². The lowest BCUT2D eigenvalue weighted by Crippen LogP contribution is -2.24. The summed E-state index contributed by atoms with van der Waals surface area (Å²) in [6.07, 6.45) is 0.436. The van der Waals surface area contributed by atoms with Crippen LogP contribution in [0.4, 0.5) is 5.69 Å². The zero-order valence-corrected chi connectivity index (χ0v) is 11.1. The highest BCUT2D eigenvalue weighted by molar-refractivity contribution is 9.09. The molecule has 96 valence electrons. The van der Waals surface area contributed by atoms with Crippen LogP contribution in [0, 0.1) is 5.92 Å². The van der Waals surface area contributed by atoms with Crippen LogP contribution in [0.1, 0.15) is 16.8 Å². The van der Waals surface area contributed by atoms with Crippen LogP contribution in [0.2, 0.25) is 0 Å². The van der Waals surface area contributed by atoms with Gasteiger partial charge in [-0.15, -0.1) is 0 Å². The van der Waals surface area contributed by atoms with Crippen LogP contribution in [0.15, 0.2) is 18.2 Å². The van der Waals surface area contributed by atoms with Crippen LogP contribution in [-0.2, 0) is 4.79 Å². The number of phenols is 1. The Balaban J connectivity index is 2.29. The fourth-order valence-corrected chi connectivity index (χ4v) is 2.44. The van der Waals surface area contributed by atoms with E-state index in [0.29, 0.717) is 18.7 Å². The molecule has 1 atom stereocenters. The normalized spacial score (nSPS) is 19.3. The van der Waals surface area contributed by atoms with Gasteiger partial charge >= 0.3 is 5.97 Å². The van der Waals surface area contributed by atoms with E-state index in [1.165, 1.54) is 17.0 Å². The van der Waals surface area contributed by atoms with Crippen LogP contribution in [-0.4, -0.2) is 34.0 Å². The van der Waals surface area contributed by atoms with Gasteiger partial charge in [0.1, 0.15) is 5.75 Å². The number of carboxylic acid groups (broad SMARTS) is 1. The van der Waals surface area contributed by atoms with Crippen molar-refractivity contribution in [3.63, 3.8) is 0 Å². The van der Waals surface area contributed by atoms with Gasteiger partial charge in [-0.1, -0.05) is 15.9 Å². The van der Waals surface area contributed by atoms with Crippen LogP contribution >= 0.6 is 15.9 Å². The lowest BCUT2D eigenvalue weighted by atomic mass is 10.1. The minimum atomic E-state index is -1.11. The maximum Gasteiger partial charge on any atom is 0.335 e. The highest BCUT2D eigenvalue weighted by atomic mass is 79.9. The standard InChI is InChI=1S/C12H12BrNO4/c13-5-7-3-11(16)14(6-7)9-2-1-8(12(17)18)4-10(9)15/h1-2,4,7,15H,3,5-6H2,(H,17,18). The van der Waals surface area contributed by atoms with Crippen molar-refractivity contribution in [2.45, 2.75) is 6.42 Å². The molecule has 1 fully saturated rings. The third-order valence-corrected chi connectivity index (χ3v) is 3.85. The maximum absolute atomic E-state index is 11.8. The molecule has 0 bridgehead atoms. The van der Waals surface area contributed by atoms with E-state index in [4.69, 9.17) is 5.11 Å². The fourth-order valence-electron chi connectivity index (χ4n) is 2.00. The van der Waals surface area contributed by atoms with E-state index >= 15 is 0 Å². The van der Waals surface area contributed by atoms with Crippen molar-refractivity contribution in [1.29, 1.82) is 0 Å². The van der Waals surface area contributed by atoms with Crippen molar-refractivity contribution in [3.8, 4) is 5.75 Å².